The molecule has 132 valence electrons. The highest BCUT2D eigenvalue weighted by Gasteiger charge is 2.06. The van der Waals surface area contributed by atoms with E-state index >= 15 is 0 Å². The van der Waals surface area contributed by atoms with Crippen molar-refractivity contribution in [3.8, 4) is 11.5 Å². The van der Waals surface area contributed by atoms with Gasteiger partial charge in [0.05, 0.1) is 19.0 Å². The molecular weight excluding hydrogens is 324 g/mol. The van der Waals surface area contributed by atoms with Crippen molar-refractivity contribution >= 4 is 11.9 Å². The molecule has 1 N–H and O–H groups in total. The number of methoxy groups -OCH3 is 1. The first-order chi connectivity index (χ1) is 12.7. The number of ether oxygens (including phenoxy) is 2. The first-order valence-corrected chi connectivity index (χ1v) is 8.45. The zero-order valence-corrected chi connectivity index (χ0v) is 15.0. The Bertz CT molecular complexity index is 876. The van der Waals surface area contributed by atoms with E-state index in [9.17, 15) is 0 Å². The van der Waals surface area contributed by atoms with Gasteiger partial charge in [-0.3, -0.25) is 5.43 Å². The van der Waals surface area contributed by atoms with Gasteiger partial charge in [-0.15, -0.1) is 0 Å². The summed E-state index contributed by atoms with van der Waals surface area (Å²) in [5.74, 6) is 1.39. The average Bonchev–Trinajstić information content (AvgIpc) is 2.67. The van der Waals surface area contributed by atoms with Gasteiger partial charge in [-0.25, -0.2) is 0 Å². The molecular formula is C22H22N2O2. The van der Waals surface area contributed by atoms with E-state index in [0.717, 1.165) is 16.8 Å². The maximum Gasteiger partial charge on any atom is 0.161 e. The number of rotatable bonds is 7. The monoisotopic (exact) mass is 346 g/mol. The molecule has 0 saturated carbocycles. The van der Waals surface area contributed by atoms with Crippen molar-refractivity contribution in [1.82, 2.24) is 0 Å². The predicted octanol–water partition coefficient (Wildman–Crippen LogP) is 5.03. The van der Waals surface area contributed by atoms with Gasteiger partial charge in [0.1, 0.15) is 6.61 Å². The fourth-order valence-electron chi connectivity index (χ4n) is 2.54. The van der Waals surface area contributed by atoms with Crippen LogP contribution in [0.25, 0.3) is 0 Å². The molecule has 4 nitrogen and oxygen atoms in total. The Hall–Kier alpha value is -3.27. The Balaban J connectivity index is 1.65. The third kappa shape index (κ3) is 4.86. The van der Waals surface area contributed by atoms with Gasteiger partial charge in [0.25, 0.3) is 0 Å². The van der Waals surface area contributed by atoms with Gasteiger partial charge >= 0.3 is 0 Å². The highest BCUT2D eigenvalue weighted by Crippen LogP contribution is 2.28. The summed E-state index contributed by atoms with van der Waals surface area (Å²) >= 11 is 0. The van der Waals surface area contributed by atoms with Crippen LogP contribution >= 0.6 is 0 Å². The van der Waals surface area contributed by atoms with Gasteiger partial charge in [-0.05, 0) is 48.4 Å². The summed E-state index contributed by atoms with van der Waals surface area (Å²) in [7, 11) is 1.64. The summed E-state index contributed by atoms with van der Waals surface area (Å²) < 4.78 is 11.4. The lowest BCUT2D eigenvalue weighted by Crippen LogP contribution is -1.99. The summed E-state index contributed by atoms with van der Waals surface area (Å²) in [6.07, 6.45) is 1.75. The van der Waals surface area contributed by atoms with Crippen LogP contribution in [-0.2, 0) is 6.61 Å². The van der Waals surface area contributed by atoms with Gasteiger partial charge in [-0.1, -0.05) is 48.0 Å². The largest absolute Gasteiger partial charge is 0.493 e. The molecule has 0 aromatic heterocycles. The van der Waals surface area contributed by atoms with Crippen molar-refractivity contribution in [2.75, 3.05) is 12.5 Å². The standard InChI is InChI=1S/C22H22N2O2/c1-17-7-6-8-19(13-17)16-26-21-12-11-18(14-22(21)25-2)15-23-24-20-9-4-3-5-10-20/h3-15,24H,16H2,1-2H3/b23-15+. The molecule has 0 atom stereocenters. The molecule has 0 heterocycles. The van der Waals surface area contributed by atoms with Gasteiger partial charge < -0.3 is 9.47 Å². The highest BCUT2D eigenvalue weighted by molar-refractivity contribution is 5.81. The number of aryl methyl sites for hydroxylation is 1. The van der Waals surface area contributed by atoms with Gasteiger partial charge in [-0.2, -0.15) is 5.10 Å². The first-order valence-electron chi connectivity index (χ1n) is 8.45. The van der Waals surface area contributed by atoms with E-state index in [2.05, 4.69) is 35.7 Å². The highest BCUT2D eigenvalue weighted by atomic mass is 16.5. The fraction of sp³-hybridized carbons (Fsp3) is 0.136. The minimum absolute atomic E-state index is 0.501. The van der Waals surface area contributed by atoms with Crippen molar-refractivity contribution in [3.63, 3.8) is 0 Å². The van der Waals surface area contributed by atoms with E-state index in [1.165, 1.54) is 5.56 Å². The SMILES string of the molecule is COc1cc(/C=N/Nc2ccccc2)ccc1OCc1cccc(C)c1. The van der Waals surface area contributed by atoms with E-state index < -0.39 is 0 Å². The van der Waals surface area contributed by atoms with Crippen LogP contribution in [0.2, 0.25) is 0 Å². The maximum absolute atomic E-state index is 5.91. The number of para-hydroxylation sites is 1. The second kappa shape index (κ2) is 8.72. The molecule has 3 rings (SSSR count). The number of hydrogen-bond donors (Lipinski definition) is 1. The number of benzene rings is 3. The second-order valence-electron chi connectivity index (χ2n) is 5.92. The van der Waals surface area contributed by atoms with E-state index in [0.29, 0.717) is 18.1 Å². The van der Waals surface area contributed by atoms with Crippen molar-refractivity contribution in [2.24, 2.45) is 5.10 Å². The molecule has 0 saturated heterocycles. The Morgan fingerprint density at radius 3 is 2.54 bits per heavy atom. The number of hydrazone groups is 1. The molecule has 3 aromatic rings. The molecule has 4 heteroatoms. The van der Waals surface area contributed by atoms with Gasteiger partial charge in [0.2, 0.25) is 0 Å². The van der Waals surface area contributed by atoms with Gasteiger partial charge in [0.15, 0.2) is 11.5 Å². The van der Waals surface area contributed by atoms with E-state index in [4.69, 9.17) is 9.47 Å². The minimum Gasteiger partial charge on any atom is -0.493 e. The van der Waals surface area contributed by atoms with E-state index in [1.807, 2.05) is 54.6 Å². The lowest BCUT2D eigenvalue weighted by Gasteiger charge is -2.11. The van der Waals surface area contributed by atoms with Crippen LogP contribution in [0.15, 0.2) is 77.9 Å². The molecule has 0 aliphatic carbocycles. The van der Waals surface area contributed by atoms with E-state index in [1.54, 1.807) is 13.3 Å². The molecule has 3 aromatic carbocycles. The topological polar surface area (TPSA) is 42.8 Å². The molecule has 26 heavy (non-hydrogen) atoms. The van der Waals surface area contributed by atoms with Crippen LogP contribution in [0.3, 0.4) is 0 Å². The second-order valence-corrected chi connectivity index (χ2v) is 5.92. The Morgan fingerprint density at radius 2 is 1.77 bits per heavy atom. The van der Waals surface area contributed by atoms with Crippen molar-refractivity contribution in [2.45, 2.75) is 13.5 Å². The number of nitrogens with zero attached hydrogens (tertiary/aromatic N) is 1. The number of hydrogen-bond acceptors (Lipinski definition) is 4. The van der Waals surface area contributed by atoms with Crippen LogP contribution in [0.1, 0.15) is 16.7 Å². The molecule has 0 radical (unpaired) electrons. The molecule has 0 bridgehead atoms. The fourth-order valence-corrected chi connectivity index (χ4v) is 2.54. The summed E-state index contributed by atoms with van der Waals surface area (Å²) in [6, 6.07) is 23.8. The molecule has 0 fully saturated rings. The quantitative estimate of drug-likeness (QED) is 0.482. The zero-order chi connectivity index (χ0) is 18.2. The van der Waals surface area contributed by atoms with Crippen LogP contribution in [0, 0.1) is 6.92 Å². The van der Waals surface area contributed by atoms with Crippen molar-refractivity contribution in [3.05, 3.63) is 89.5 Å². The molecule has 0 unspecified atom stereocenters. The molecule has 0 spiro atoms. The third-order valence-electron chi connectivity index (χ3n) is 3.85. The maximum atomic E-state index is 5.91. The molecule has 0 amide bonds. The average molecular weight is 346 g/mol. The number of nitrogens with one attached hydrogen (secondary N) is 1. The predicted molar refractivity (Wildman–Crippen MR) is 106 cm³/mol. The summed E-state index contributed by atoms with van der Waals surface area (Å²) in [5, 5.41) is 4.25. The summed E-state index contributed by atoms with van der Waals surface area (Å²) in [4.78, 5) is 0. The Kier molecular flexibility index (Phi) is 5.88. The smallest absolute Gasteiger partial charge is 0.161 e. The zero-order valence-electron chi connectivity index (χ0n) is 15.0. The van der Waals surface area contributed by atoms with Crippen LogP contribution < -0.4 is 14.9 Å². The lowest BCUT2D eigenvalue weighted by molar-refractivity contribution is 0.284. The van der Waals surface area contributed by atoms with Crippen molar-refractivity contribution < 1.29 is 9.47 Å². The minimum atomic E-state index is 0.501. The van der Waals surface area contributed by atoms with Crippen LogP contribution in [0.4, 0.5) is 5.69 Å². The first kappa shape index (κ1) is 17.5. The summed E-state index contributed by atoms with van der Waals surface area (Å²) in [6.45, 7) is 2.57. The molecule has 0 aliphatic rings. The van der Waals surface area contributed by atoms with Crippen LogP contribution in [0.5, 0.6) is 11.5 Å². The van der Waals surface area contributed by atoms with Crippen LogP contribution in [-0.4, -0.2) is 13.3 Å². The number of anilines is 1. The third-order valence-corrected chi connectivity index (χ3v) is 3.85. The van der Waals surface area contributed by atoms with Crippen molar-refractivity contribution in [1.29, 1.82) is 0 Å². The Morgan fingerprint density at radius 1 is 0.923 bits per heavy atom. The normalized spacial score (nSPS) is 10.7. The van der Waals surface area contributed by atoms with Gasteiger partial charge in [0, 0.05) is 0 Å². The Labute approximate surface area is 154 Å². The summed E-state index contributed by atoms with van der Waals surface area (Å²) in [5.41, 5.74) is 7.20. The molecule has 0 aliphatic heterocycles. The lowest BCUT2D eigenvalue weighted by atomic mass is 10.1. The van der Waals surface area contributed by atoms with E-state index in [-0.39, 0.29) is 0 Å².